The SMILES string of the molecule is CNCC(c1ccccc1Cl)N1CCCC1. The van der Waals surface area contributed by atoms with Crippen molar-refractivity contribution in [3.8, 4) is 0 Å². The van der Waals surface area contributed by atoms with Gasteiger partial charge in [-0.1, -0.05) is 29.8 Å². The first kappa shape index (κ1) is 11.9. The molecule has 16 heavy (non-hydrogen) atoms. The van der Waals surface area contributed by atoms with Crippen LogP contribution in [0.4, 0.5) is 0 Å². The number of likely N-dealkylation sites (tertiary alicyclic amines) is 1. The molecule has 0 bridgehead atoms. The molecular weight excluding hydrogens is 220 g/mol. The lowest BCUT2D eigenvalue weighted by Gasteiger charge is -2.28. The van der Waals surface area contributed by atoms with Crippen LogP contribution in [0.5, 0.6) is 0 Å². The van der Waals surface area contributed by atoms with Crippen LogP contribution in [0.25, 0.3) is 0 Å². The average molecular weight is 239 g/mol. The van der Waals surface area contributed by atoms with E-state index in [0.717, 1.165) is 11.6 Å². The Bertz CT molecular complexity index is 334. The summed E-state index contributed by atoms with van der Waals surface area (Å²) in [7, 11) is 2.00. The average Bonchev–Trinajstić information content (AvgIpc) is 2.80. The van der Waals surface area contributed by atoms with Crippen molar-refractivity contribution < 1.29 is 0 Å². The third-order valence-electron chi connectivity index (χ3n) is 3.24. The Balaban J connectivity index is 2.21. The predicted molar refractivity (Wildman–Crippen MR) is 68.9 cm³/mol. The predicted octanol–water partition coefficient (Wildman–Crippen LogP) is 2.70. The van der Waals surface area contributed by atoms with Gasteiger partial charge >= 0.3 is 0 Å². The van der Waals surface area contributed by atoms with E-state index in [4.69, 9.17) is 11.6 Å². The summed E-state index contributed by atoms with van der Waals surface area (Å²) in [6, 6.07) is 8.60. The fraction of sp³-hybridized carbons (Fsp3) is 0.538. The first-order valence-electron chi connectivity index (χ1n) is 5.96. The molecule has 1 fully saturated rings. The first-order valence-corrected chi connectivity index (χ1v) is 6.34. The number of hydrogen-bond donors (Lipinski definition) is 1. The largest absolute Gasteiger partial charge is 0.318 e. The summed E-state index contributed by atoms with van der Waals surface area (Å²) >= 11 is 6.28. The number of benzene rings is 1. The van der Waals surface area contributed by atoms with E-state index in [-0.39, 0.29) is 0 Å². The fourth-order valence-electron chi connectivity index (χ4n) is 2.43. The van der Waals surface area contributed by atoms with Crippen LogP contribution in [0, 0.1) is 0 Å². The van der Waals surface area contributed by atoms with Crippen molar-refractivity contribution in [1.29, 1.82) is 0 Å². The van der Waals surface area contributed by atoms with Crippen LogP contribution in [-0.2, 0) is 0 Å². The number of nitrogens with zero attached hydrogens (tertiary/aromatic N) is 1. The topological polar surface area (TPSA) is 15.3 Å². The van der Waals surface area contributed by atoms with Crippen LogP contribution in [-0.4, -0.2) is 31.6 Å². The van der Waals surface area contributed by atoms with Gasteiger partial charge in [-0.15, -0.1) is 0 Å². The van der Waals surface area contributed by atoms with E-state index in [9.17, 15) is 0 Å². The summed E-state index contributed by atoms with van der Waals surface area (Å²) in [5.41, 5.74) is 1.25. The lowest BCUT2D eigenvalue weighted by molar-refractivity contribution is 0.242. The maximum absolute atomic E-state index is 6.28. The van der Waals surface area contributed by atoms with Crippen molar-refractivity contribution in [3.05, 3.63) is 34.9 Å². The second kappa shape index (κ2) is 5.67. The minimum atomic E-state index is 0.418. The van der Waals surface area contributed by atoms with Gasteiger partial charge in [-0.05, 0) is 44.6 Å². The molecule has 1 atom stereocenters. The zero-order chi connectivity index (χ0) is 11.4. The summed E-state index contributed by atoms with van der Waals surface area (Å²) in [4.78, 5) is 2.53. The minimum Gasteiger partial charge on any atom is -0.318 e. The number of likely N-dealkylation sites (N-methyl/N-ethyl adjacent to an activating group) is 1. The summed E-state index contributed by atoms with van der Waals surface area (Å²) in [5, 5.41) is 4.15. The molecule has 0 spiro atoms. The van der Waals surface area contributed by atoms with E-state index in [1.807, 2.05) is 19.2 Å². The maximum atomic E-state index is 6.28. The molecule has 1 heterocycles. The van der Waals surface area contributed by atoms with E-state index in [0.29, 0.717) is 6.04 Å². The molecule has 1 aliphatic heterocycles. The van der Waals surface area contributed by atoms with Crippen molar-refractivity contribution >= 4 is 11.6 Å². The quantitative estimate of drug-likeness (QED) is 0.868. The van der Waals surface area contributed by atoms with Gasteiger partial charge < -0.3 is 5.32 Å². The summed E-state index contributed by atoms with van der Waals surface area (Å²) in [5.74, 6) is 0. The molecule has 1 N–H and O–H groups in total. The highest BCUT2D eigenvalue weighted by atomic mass is 35.5. The van der Waals surface area contributed by atoms with Crippen molar-refractivity contribution in [1.82, 2.24) is 10.2 Å². The van der Waals surface area contributed by atoms with Crippen LogP contribution in [0.2, 0.25) is 5.02 Å². The Morgan fingerprint density at radius 2 is 2.00 bits per heavy atom. The smallest absolute Gasteiger partial charge is 0.0487 e. The van der Waals surface area contributed by atoms with E-state index in [1.54, 1.807) is 0 Å². The van der Waals surface area contributed by atoms with Crippen LogP contribution in [0.15, 0.2) is 24.3 Å². The van der Waals surface area contributed by atoms with Gasteiger partial charge in [0.15, 0.2) is 0 Å². The zero-order valence-corrected chi connectivity index (χ0v) is 10.5. The molecule has 0 aromatic heterocycles. The Morgan fingerprint density at radius 3 is 2.62 bits per heavy atom. The maximum Gasteiger partial charge on any atom is 0.0487 e. The van der Waals surface area contributed by atoms with Crippen LogP contribution in [0.3, 0.4) is 0 Å². The van der Waals surface area contributed by atoms with Crippen molar-refractivity contribution in [2.45, 2.75) is 18.9 Å². The minimum absolute atomic E-state index is 0.418. The van der Waals surface area contributed by atoms with Crippen LogP contribution in [0.1, 0.15) is 24.4 Å². The summed E-state index contributed by atoms with van der Waals surface area (Å²) in [6.45, 7) is 3.35. The highest BCUT2D eigenvalue weighted by molar-refractivity contribution is 6.31. The molecule has 0 amide bonds. The zero-order valence-electron chi connectivity index (χ0n) is 9.75. The van der Waals surface area contributed by atoms with Gasteiger partial charge in [0.05, 0.1) is 0 Å². The number of rotatable bonds is 4. The van der Waals surface area contributed by atoms with Crippen LogP contribution >= 0.6 is 11.6 Å². The highest BCUT2D eigenvalue weighted by Gasteiger charge is 2.24. The third kappa shape index (κ3) is 2.57. The van der Waals surface area contributed by atoms with E-state index < -0.39 is 0 Å². The standard InChI is InChI=1S/C13H19ClN2/c1-15-10-13(16-8-4-5-9-16)11-6-2-3-7-12(11)14/h2-3,6-7,13,15H,4-5,8-10H2,1H3. The van der Waals surface area contributed by atoms with Gasteiger partial charge in [-0.3, -0.25) is 4.90 Å². The molecule has 1 aromatic rings. The first-order chi connectivity index (χ1) is 7.83. The Hall–Kier alpha value is -0.570. The fourth-order valence-corrected chi connectivity index (χ4v) is 2.69. The Labute approximate surface area is 103 Å². The van der Waals surface area contributed by atoms with Crippen molar-refractivity contribution in [2.24, 2.45) is 0 Å². The van der Waals surface area contributed by atoms with Gasteiger partial charge in [0.2, 0.25) is 0 Å². The van der Waals surface area contributed by atoms with E-state index in [2.05, 4.69) is 22.3 Å². The molecule has 1 aromatic carbocycles. The third-order valence-corrected chi connectivity index (χ3v) is 3.59. The lowest BCUT2D eigenvalue weighted by atomic mass is 10.1. The molecule has 1 saturated heterocycles. The molecule has 0 aliphatic carbocycles. The molecule has 0 saturated carbocycles. The highest BCUT2D eigenvalue weighted by Crippen LogP contribution is 2.29. The second-order valence-corrected chi connectivity index (χ2v) is 4.75. The number of halogens is 1. The molecule has 1 unspecified atom stereocenters. The molecule has 1 aliphatic rings. The molecule has 3 heteroatoms. The van der Waals surface area contributed by atoms with Gasteiger partial charge in [-0.25, -0.2) is 0 Å². The molecule has 0 radical (unpaired) electrons. The summed E-state index contributed by atoms with van der Waals surface area (Å²) in [6.07, 6.45) is 2.62. The second-order valence-electron chi connectivity index (χ2n) is 4.34. The Kier molecular flexibility index (Phi) is 4.22. The monoisotopic (exact) mass is 238 g/mol. The van der Waals surface area contributed by atoms with Gasteiger partial charge in [0.1, 0.15) is 0 Å². The van der Waals surface area contributed by atoms with E-state index >= 15 is 0 Å². The molecular formula is C13H19ClN2. The number of hydrogen-bond acceptors (Lipinski definition) is 2. The molecule has 88 valence electrons. The molecule has 2 rings (SSSR count). The van der Waals surface area contributed by atoms with Crippen molar-refractivity contribution in [2.75, 3.05) is 26.7 Å². The Morgan fingerprint density at radius 1 is 1.31 bits per heavy atom. The van der Waals surface area contributed by atoms with Crippen molar-refractivity contribution in [3.63, 3.8) is 0 Å². The van der Waals surface area contributed by atoms with Gasteiger partial charge in [0, 0.05) is 17.6 Å². The van der Waals surface area contributed by atoms with Gasteiger partial charge in [0.25, 0.3) is 0 Å². The molecule has 2 nitrogen and oxygen atoms in total. The lowest BCUT2D eigenvalue weighted by Crippen LogP contribution is -2.33. The van der Waals surface area contributed by atoms with Gasteiger partial charge in [-0.2, -0.15) is 0 Å². The normalized spacial score (nSPS) is 18.9. The summed E-state index contributed by atoms with van der Waals surface area (Å²) < 4.78 is 0. The van der Waals surface area contributed by atoms with Crippen LogP contribution < -0.4 is 5.32 Å². The number of nitrogens with one attached hydrogen (secondary N) is 1. The van der Waals surface area contributed by atoms with E-state index in [1.165, 1.54) is 31.5 Å².